The zero-order valence-electron chi connectivity index (χ0n) is 13.7. The summed E-state index contributed by atoms with van der Waals surface area (Å²) in [5.74, 6) is 1.76. The van der Waals surface area contributed by atoms with Gasteiger partial charge in [-0.05, 0) is 31.2 Å². The van der Waals surface area contributed by atoms with Crippen molar-refractivity contribution in [3.8, 4) is 22.8 Å². The number of aryl methyl sites for hydroxylation is 1. The molecule has 0 aliphatic heterocycles. The molecule has 1 heterocycles. The van der Waals surface area contributed by atoms with Gasteiger partial charge in [0, 0.05) is 17.3 Å². The molecular weight excluding hydrogens is 296 g/mol. The molecule has 0 saturated carbocycles. The zero-order chi connectivity index (χ0) is 16.5. The first-order valence-electron chi connectivity index (χ1n) is 7.95. The summed E-state index contributed by atoms with van der Waals surface area (Å²) in [4.78, 5) is 4.86. The predicted molar refractivity (Wildman–Crippen MR) is 97.8 cm³/mol. The van der Waals surface area contributed by atoms with E-state index in [1.807, 2.05) is 36.4 Å². The quantitative estimate of drug-likeness (QED) is 0.531. The van der Waals surface area contributed by atoms with Gasteiger partial charge in [-0.2, -0.15) is 0 Å². The van der Waals surface area contributed by atoms with Gasteiger partial charge in [0.15, 0.2) is 0 Å². The monoisotopic (exact) mass is 314 g/mol. The van der Waals surface area contributed by atoms with Crippen molar-refractivity contribution in [3.63, 3.8) is 0 Å². The standard InChI is InChI=1S/C21H18N2O/c1-15-8-10-17(11-9-15)23-20-14-18(24-2)12-13-19(20)22-21(23)16-6-4-3-5-7-16/h3-14H,1-2H3. The van der Waals surface area contributed by atoms with Crippen LogP contribution in [0.15, 0.2) is 72.8 Å². The highest BCUT2D eigenvalue weighted by molar-refractivity contribution is 5.84. The Labute approximate surface area is 141 Å². The molecular formula is C21H18N2O. The zero-order valence-corrected chi connectivity index (χ0v) is 13.7. The Kier molecular flexibility index (Phi) is 3.54. The van der Waals surface area contributed by atoms with Crippen LogP contribution in [0.1, 0.15) is 5.56 Å². The van der Waals surface area contributed by atoms with E-state index in [9.17, 15) is 0 Å². The average molecular weight is 314 g/mol. The summed E-state index contributed by atoms with van der Waals surface area (Å²) in [5.41, 5.74) is 5.41. The van der Waals surface area contributed by atoms with Crippen LogP contribution < -0.4 is 4.74 Å². The molecule has 4 rings (SSSR count). The van der Waals surface area contributed by atoms with Crippen molar-refractivity contribution < 1.29 is 4.74 Å². The van der Waals surface area contributed by atoms with Gasteiger partial charge < -0.3 is 4.74 Å². The minimum Gasteiger partial charge on any atom is -0.497 e. The summed E-state index contributed by atoms with van der Waals surface area (Å²) in [6.07, 6.45) is 0. The van der Waals surface area contributed by atoms with Crippen molar-refractivity contribution in [2.24, 2.45) is 0 Å². The van der Waals surface area contributed by atoms with E-state index in [-0.39, 0.29) is 0 Å². The molecule has 118 valence electrons. The fourth-order valence-electron chi connectivity index (χ4n) is 2.92. The number of fused-ring (bicyclic) bond motifs is 1. The van der Waals surface area contributed by atoms with Gasteiger partial charge >= 0.3 is 0 Å². The fraction of sp³-hybridized carbons (Fsp3) is 0.0952. The summed E-state index contributed by atoms with van der Waals surface area (Å²) in [7, 11) is 1.69. The normalized spacial score (nSPS) is 10.9. The lowest BCUT2D eigenvalue weighted by molar-refractivity contribution is 0.415. The lowest BCUT2D eigenvalue weighted by atomic mass is 10.2. The third-order valence-electron chi connectivity index (χ3n) is 4.19. The molecule has 0 atom stereocenters. The van der Waals surface area contributed by atoms with Crippen LogP contribution in [-0.2, 0) is 0 Å². The molecule has 0 aliphatic carbocycles. The van der Waals surface area contributed by atoms with Gasteiger partial charge in [-0.1, -0.05) is 48.0 Å². The van der Waals surface area contributed by atoms with Crippen molar-refractivity contribution in [2.45, 2.75) is 6.92 Å². The molecule has 0 amide bonds. The molecule has 24 heavy (non-hydrogen) atoms. The van der Waals surface area contributed by atoms with E-state index >= 15 is 0 Å². The van der Waals surface area contributed by atoms with Crippen molar-refractivity contribution in [3.05, 3.63) is 78.4 Å². The highest BCUT2D eigenvalue weighted by atomic mass is 16.5. The highest BCUT2D eigenvalue weighted by Gasteiger charge is 2.14. The fourth-order valence-corrected chi connectivity index (χ4v) is 2.92. The predicted octanol–water partition coefficient (Wildman–Crippen LogP) is 5.01. The first-order valence-corrected chi connectivity index (χ1v) is 7.95. The third kappa shape index (κ3) is 2.44. The molecule has 0 radical (unpaired) electrons. The third-order valence-corrected chi connectivity index (χ3v) is 4.19. The van der Waals surface area contributed by atoms with Crippen LogP contribution in [0.5, 0.6) is 5.75 Å². The van der Waals surface area contributed by atoms with Crippen LogP contribution in [0.3, 0.4) is 0 Å². The number of ether oxygens (including phenoxy) is 1. The highest BCUT2D eigenvalue weighted by Crippen LogP contribution is 2.30. The molecule has 3 heteroatoms. The first-order chi connectivity index (χ1) is 11.8. The van der Waals surface area contributed by atoms with E-state index in [4.69, 9.17) is 9.72 Å². The second-order valence-corrected chi connectivity index (χ2v) is 5.83. The molecule has 0 fully saturated rings. The summed E-state index contributed by atoms with van der Waals surface area (Å²) < 4.78 is 7.59. The van der Waals surface area contributed by atoms with Gasteiger partial charge in [0.25, 0.3) is 0 Å². The van der Waals surface area contributed by atoms with E-state index in [0.29, 0.717) is 0 Å². The number of aromatic nitrogens is 2. The number of rotatable bonds is 3. The van der Waals surface area contributed by atoms with E-state index < -0.39 is 0 Å². The largest absolute Gasteiger partial charge is 0.497 e. The molecule has 3 aromatic carbocycles. The molecule has 0 unspecified atom stereocenters. The lowest BCUT2D eigenvalue weighted by Crippen LogP contribution is -1.97. The van der Waals surface area contributed by atoms with Crippen LogP contribution in [0.25, 0.3) is 28.1 Å². The summed E-state index contributed by atoms with van der Waals surface area (Å²) >= 11 is 0. The lowest BCUT2D eigenvalue weighted by Gasteiger charge is -2.10. The number of hydrogen-bond acceptors (Lipinski definition) is 2. The van der Waals surface area contributed by atoms with Crippen molar-refractivity contribution in [2.75, 3.05) is 7.11 Å². The molecule has 0 bridgehead atoms. The number of nitrogens with zero attached hydrogens (tertiary/aromatic N) is 2. The average Bonchev–Trinajstić information content (AvgIpc) is 3.01. The number of methoxy groups -OCH3 is 1. The van der Waals surface area contributed by atoms with Crippen LogP contribution >= 0.6 is 0 Å². The van der Waals surface area contributed by atoms with Crippen LogP contribution in [-0.4, -0.2) is 16.7 Å². The van der Waals surface area contributed by atoms with Crippen molar-refractivity contribution in [1.29, 1.82) is 0 Å². The van der Waals surface area contributed by atoms with Crippen molar-refractivity contribution >= 4 is 11.0 Å². The topological polar surface area (TPSA) is 27.1 Å². The van der Waals surface area contributed by atoms with Gasteiger partial charge in [-0.3, -0.25) is 4.57 Å². The van der Waals surface area contributed by atoms with Crippen molar-refractivity contribution in [1.82, 2.24) is 9.55 Å². The smallest absolute Gasteiger partial charge is 0.145 e. The molecule has 1 aromatic heterocycles. The summed E-state index contributed by atoms with van der Waals surface area (Å²) in [6.45, 7) is 2.09. The Morgan fingerprint density at radius 1 is 0.875 bits per heavy atom. The molecule has 0 spiro atoms. The van der Waals surface area contributed by atoms with Crippen LogP contribution in [0, 0.1) is 6.92 Å². The maximum atomic E-state index is 5.41. The van der Waals surface area contributed by atoms with E-state index in [1.165, 1.54) is 5.56 Å². The van der Waals surface area contributed by atoms with E-state index in [0.717, 1.165) is 33.9 Å². The minimum atomic E-state index is 0.829. The number of imidazole rings is 1. The number of hydrogen-bond donors (Lipinski definition) is 0. The molecule has 0 saturated heterocycles. The Bertz CT molecular complexity index is 986. The van der Waals surface area contributed by atoms with Gasteiger partial charge in [-0.15, -0.1) is 0 Å². The van der Waals surface area contributed by atoms with Crippen LogP contribution in [0.2, 0.25) is 0 Å². The SMILES string of the molecule is COc1ccc2nc(-c3ccccc3)n(-c3ccc(C)cc3)c2c1. The molecule has 4 aromatic rings. The van der Waals surface area contributed by atoms with Crippen LogP contribution in [0.4, 0.5) is 0 Å². The second-order valence-electron chi connectivity index (χ2n) is 5.83. The van der Waals surface area contributed by atoms with E-state index in [1.54, 1.807) is 7.11 Å². The Morgan fingerprint density at radius 2 is 1.62 bits per heavy atom. The van der Waals surface area contributed by atoms with Gasteiger partial charge in [0.05, 0.1) is 18.1 Å². The minimum absolute atomic E-state index is 0.829. The summed E-state index contributed by atoms with van der Waals surface area (Å²) in [5, 5.41) is 0. The molecule has 3 nitrogen and oxygen atoms in total. The summed E-state index contributed by atoms with van der Waals surface area (Å²) in [6, 6.07) is 24.8. The number of benzene rings is 3. The van der Waals surface area contributed by atoms with Gasteiger partial charge in [0.2, 0.25) is 0 Å². The van der Waals surface area contributed by atoms with E-state index in [2.05, 4.69) is 47.9 Å². The maximum absolute atomic E-state index is 5.41. The molecule has 0 aliphatic rings. The van der Waals surface area contributed by atoms with Gasteiger partial charge in [0.1, 0.15) is 11.6 Å². The van der Waals surface area contributed by atoms with Gasteiger partial charge in [-0.25, -0.2) is 4.98 Å². The second kappa shape index (κ2) is 5.85. The Morgan fingerprint density at radius 3 is 2.33 bits per heavy atom. The maximum Gasteiger partial charge on any atom is 0.145 e. The molecule has 0 N–H and O–H groups in total. The Hall–Kier alpha value is -3.07. The Balaban J connectivity index is 2.04. The first kappa shape index (κ1) is 14.5.